The van der Waals surface area contributed by atoms with E-state index in [1.807, 2.05) is 53.2 Å². The summed E-state index contributed by atoms with van der Waals surface area (Å²) in [5.41, 5.74) is 1.26. The van der Waals surface area contributed by atoms with Crippen molar-refractivity contribution in [3.63, 3.8) is 0 Å². The van der Waals surface area contributed by atoms with Gasteiger partial charge in [-0.25, -0.2) is 0 Å². The van der Waals surface area contributed by atoms with Gasteiger partial charge in [0.15, 0.2) is 5.82 Å². The summed E-state index contributed by atoms with van der Waals surface area (Å²) < 4.78 is 9.25. The van der Waals surface area contributed by atoms with Gasteiger partial charge in [-0.3, -0.25) is 14.9 Å². The van der Waals surface area contributed by atoms with Gasteiger partial charge in [0.2, 0.25) is 4.96 Å². The van der Waals surface area contributed by atoms with Crippen molar-refractivity contribution in [2.24, 2.45) is 0 Å². The van der Waals surface area contributed by atoms with Gasteiger partial charge in [-0.15, -0.1) is 5.10 Å². The van der Waals surface area contributed by atoms with Crippen LogP contribution in [0.4, 0.5) is 5.69 Å². The summed E-state index contributed by atoms with van der Waals surface area (Å²) in [6.07, 6.45) is 3.58. The SMILES string of the molecule is O=c1c(=Cc2cccn2-c2ccc([N+](=O)[O-])cc2)sc2nc(COc3ccccc3)nn12. The molecule has 0 saturated carbocycles. The van der Waals surface area contributed by atoms with Crippen LogP contribution in [0.1, 0.15) is 11.5 Å². The van der Waals surface area contributed by atoms with Crippen LogP contribution < -0.4 is 14.8 Å². The van der Waals surface area contributed by atoms with Crippen LogP contribution in [0.15, 0.2) is 77.7 Å². The van der Waals surface area contributed by atoms with Crippen molar-refractivity contribution in [1.82, 2.24) is 19.2 Å². The number of hydrogen-bond donors (Lipinski definition) is 0. The Morgan fingerprint density at radius 3 is 2.56 bits per heavy atom. The monoisotopic (exact) mass is 445 g/mol. The molecule has 0 aliphatic heterocycles. The number of nitrogens with zero attached hydrogens (tertiary/aromatic N) is 5. The van der Waals surface area contributed by atoms with Crippen LogP contribution >= 0.6 is 11.3 Å². The molecule has 32 heavy (non-hydrogen) atoms. The molecule has 0 fully saturated rings. The van der Waals surface area contributed by atoms with Gasteiger partial charge >= 0.3 is 0 Å². The van der Waals surface area contributed by atoms with E-state index in [4.69, 9.17) is 4.74 Å². The molecule has 2 aromatic carbocycles. The van der Waals surface area contributed by atoms with E-state index in [0.29, 0.717) is 21.1 Å². The Bertz CT molecular complexity index is 1520. The molecule has 0 amide bonds. The van der Waals surface area contributed by atoms with E-state index in [2.05, 4.69) is 10.1 Å². The first kappa shape index (κ1) is 19.6. The largest absolute Gasteiger partial charge is 0.486 e. The Balaban J connectivity index is 1.43. The van der Waals surface area contributed by atoms with E-state index < -0.39 is 4.92 Å². The van der Waals surface area contributed by atoms with Crippen LogP contribution in [-0.4, -0.2) is 24.1 Å². The third-order valence-corrected chi connectivity index (χ3v) is 5.69. The molecule has 0 atom stereocenters. The molecule has 0 aliphatic carbocycles. The quantitative estimate of drug-likeness (QED) is 0.294. The van der Waals surface area contributed by atoms with Crippen LogP contribution in [0.2, 0.25) is 0 Å². The molecule has 0 aliphatic rings. The topological polar surface area (TPSA) is 105 Å². The summed E-state index contributed by atoms with van der Waals surface area (Å²) in [7, 11) is 0. The number of para-hydroxylation sites is 1. The van der Waals surface area contributed by atoms with Gasteiger partial charge in [0.1, 0.15) is 16.9 Å². The second-order valence-electron chi connectivity index (χ2n) is 6.82. The summed E-state index contributed by atoms with van der Waals surface area (Å²) in [5, 5.41) is 15.2. The van der Waals surface area contributed by atoms with E-state index in [1.165, 1.54) is 28.0 Å². The second-order valence-corrected chi connectivity index (χ2v) is 7.83. The van der Waals surface area contributed by atoms with Crippen LogP contribution in [-0.2, 0) is 6.61 Å². The summed E-state index contributed by atoms with van der Waals surface area (Å²) in [5.74, 6) is 1.13. The molecule has 0 radical (unpaired) electrons. The summed E-state index contributed by atoms with van der Waals surface area (Å²) >= 11 is 1.24. The predicted molar refractivity (Wildman–Crippen MR) is 119 cm³/mol. The first-order valence-corrected chi connectivity index (χ1v) is 10.4. The minimum absolute atomic E-state index is 0.0193. The predicted octanol–water partition coefficient (Wildman–Crippen LogP) is 2.98. The standard InChI is InChI=1S/C22H15N5O4S/c28-21-19(13-17-5-4-12-25(17)15-8-10-16(11-9-15)27(29)30)32-22-23-20(24-26(21)22)14-31-18-6-2-1-3-7-18/h1-13H,14H2. The normalized spacial score (nSPS) is 11.8. The fourth-order valence-electron chi connectivity index (χ4n) is 3.22. The van der Waals surface area contributed by atoms with E-state index in [-0.39, 0.29) is 17.9 Å². The molecule has 10 heteroatoms. The number of benzene rings is 2. The Kier molecular flexibility index (Phi) is 4.96. The Labute approximate surface area is 184 Å². The first-order valence-electron chi connectivity index (χ1n) is 9.59. The molecule has 0 unspecified atom stereocenters. The van der Waals surface area contributed by atoms with E-state index in [9.17, 15) is 14.9 Å². The Hall–Kier alpha value is -4.31. The van der Waals surface area contributed by atoms with Crippen molar-refractivity contribution in [3.05, 3.63) is 109 Å². The number of fused-ring (bicyclic) bond motifs is 1. The van der Waals surface area contributed by atoms with Crippen molar-refractivity contribution < 1.29 is 9.66 Å². The molecular formula is C22H15N5O4S. The van der Waals surface area contributed by atoms with Crippen molar-refractivity contribution in [1.29, 1.82) is 0 Å². The highest BCUT2D eigenvalue weighted by atomic mass is 32.1. The summed E-state index contributed by atoms with van der Waals surface area (Å²) in [6.45, 7) is 0.167. The molecule has 3 aromatic heterocycles. The lowest BCUT2D eigenvalue weighted by Crippen LogP contribution is -2.24. The minimum atomic E-state index is -0.441. The number of rotatable bonds is 6. The summed E-state index contributed by atoms with van der Waals surface area (Å²) in [4.78, 5) is 28.1. The lowest BCUT2D eigenvalue weighted by Gasteiger charge is -2.05. The average Bonchev–Trinajstić information content (AvgIpc) is 3.50. The molecule has 5 aromatic rings. The van der Waals surface area contributed by atoms with Gasteiger partial charge in [0.05, 0.1) is 4.92 Å². The van der Waals surface area contributed by atoms with Crippen LogP contribution in [0.5, 0.6) is 5.75 Å². The molecule has 3 heterocycles. The molecule has 0 saturated heterocycles. The number of nitro groups is 1. The highest BCUT2D eigenvalue weighted by Crippen LogP contribution is 2.18. The molecule has 5 rings (SSSR count). The molecule has 0 N–H and O–H groups in total. The van der Waals surface area contributed by atoms with E-state index >= 15 is 0 Å². The maximum Gasteiger partial charge on any atom is 0.291 e. The van der Waals surface area contributed by atoms with Gasteiger partial charge in [-0.2, -0.15) is 9.50 Å². The van der Waals surface area contributed by atoms with Crippen LogP contribution in [0.25, 0.3) is 16.7 Å². The molecular weight excluding hydrogens is 430 g/mol. The zero-order valence-corrected chi connectivity index (χ0v) is 17.3. The van der Waals surface area contributed by atoms with Gasteiger partial charge in [-0.1, -0.05) is 29.5 Å². The molecule has 158 valence electrons. The molecule has 0 spiro atoms. The van der Waals surface area contributed by atoms with Crippen molar-refractivity contribution >= 4 is 28.1 Å². The zero-order chi connectivity index (χ0) is 22.1. The van der Waals surface area contributed by atoms with Gasteiger partial charge in [0, 0.05) is 29.7 Å². The van der Waals surface area contributed by atoms with Gasteiger partial charge in [-0.05, 0) is 42.5 Å². The van der Waals surface area contributed by atoms with E-state index in [1.54, 1.807) is 18.2 Å². The van der Waals surface area contributed by atoms with E-state index in [0.717, 1.165) is 11.4 Å². The number of nitro benzene ring substituents is 1. The number of aromatic nitrogens is 4. The highest BCUT2D eigenvalue weighted by Gasteiger charge is 2.12. The number of ether oxygens (including phenoxy) is 1. The van der Waals surface area contributed by atoms with Crippen molar-refractivity contribution in [2.75, 3.05) is 0 Å². The zero-order valence-electron chi connectivity index (χ0n) is 16.5. The third kappa shape index (κ3) is 3.74. The molecule has 0 bridgehead atoms. The van der Waals surface area contributed by atoms with Gasteiger partial charge in [0.25, 0.3) is 11.2 Å². The number of thiazole rings is 1. The third-order valence-electron chi connectivity index (χ3n) is 4.73. The van der Waals surface area contributed by atoms with Gasteiger partial charge < -0.3 is 9.30 Å². The van der Waals surface area contributed by atoms with Crippen LogP contribution in [0, 0.1) is 10.1 Å². The van der Waals surface area contributed by atoms with Crippen molar-refractivity contribution in [3.8, 4) is 11.4 Å². The Morgan fingerprint density at radius 2 is 1.84 bits per heavy atom. The maximum atomic E-state index is 12.8. The van der Waals surface area contributed by atoms with Crippen molar-refractivity contribution in [2.45, 2.75) is 6.61 Å². The number of non-ortho nitro benzene ring substituents is 1. The second kappa shape index (κ2) is 8.08. The minimum Gasteiger partial charge on any atom is -0.486 e. The Morgan fingerprint density at radius 1 is 1.06 bits per heavy atom. The first-order chi connectivity index (χ1) is 15.6. The average molecular weight is 445 g/mol. The smallest absolute Gasteiger partial charge is 0.291 e. The molecule has 9 nitrogen and oxygen atoms in total. The summed E-state index contributed by atoms with van der Waals surface area (Å²) in [6, 6.07) is 19.2. The fraction of sp³-hybridized carbons (Fsp3) is 0.0455. The number of hydrogen-bond acceptors (Lipinski definition) is 7. The fourth-order valence-corrected chi connectivity index (χ4v) is 4.13. The maximum absolute atomic E-state index is 12.8. The lowest BCUT2D eigenvalue weighted by atomic mass is 10.2. The highest BCUT2D eigenvalue weighted by molar-refractivity contribution is 7.15. The lowest BCUT2D eigenvalue weighted by molar-refractivity contribution is -0.384. The van der Waals surface area contributed by atoms with Crippen LogP contribution in [0.3, 0.4) is 0 Å².